The van der Waals surface area contributed by atoms with Crippen molar-refractivity contribution >= 4 is 5.82 Å². The number of anilines is 1. The van der Waals surface area contributed by atoms with Gasteiger partial charge >= 0.3 is 0 Å². The fourth-order valence-corrected chi connectivity index (χ4v) is 3.28. The van der Waals surface area contributed by atoms with Gasteiger partial charge in [-0.25, -0.2) is 8.78 Å². The average Bonchev–Trinajstić information content (AvgIpc) is 2.80. The molecule has 20 heavy (non-hydrogen) atoms. The van der Waals surface area contributed by atoms with Crippen LogP contribution in [0.4, 0.5) is 19.0 Å². The number of nitrogens with zero attached hydrogens (tertiary/aromatic N) is 1. The molecule has 0 aliphatic heterocycles. The summed E-state index contributed by atoms with van der Waals surface area (Å²) in [5.41, 5.74) is 0.118. The first-order chi connectivity index (χ1) is 9.42. The molecule has 0 spiro atoms. The van der Waals surface area contributed by atoms with Crippen LogP contribution in [0, 0.1) is 28.9 Å². The summed E-state index contributed by atoms with van der Waals surface area (Å²) in [6.45, 7) is 4.88. The molecule has 0 aromatic carbocycles. The molecule has 0 amide bonds. The molecule has 1 aromatic heterocycles. The summed E-state index contributed by atoms with van der Waals surface area (Å²) >= 11 is 0. The highest BCUT2D eigenvalue weighted by atomic mass is 19.2. The van der Waals surface area contributed by atoms with E-state index in [1.807, 2.05) is 0 Å². The van der Waals surface area contributed by atoms with Crippen molar-refractivity contribution in [3.05, 3.63) is 23.6 Å². The molecular weight excluding hydrogens is 265 g/mol. The average molecular weight is 286 g/mol. The second kappa shape index (κ2) is 6.02. The molecular formula is C15H21F3N2. The maximum absolute atomic E-state index is 13.6. The highest BCUT2D eigenvalue weighted by molar-refractivity contribution is 5.36. The minimum atomic E-state index is -1.27. The highest BCUT2D eigenvalue weighted by Gasteiger charge is 2.34. The van der Waals surface area contributed by atoms with E-state index in [9.17, 15) is 13.2 Å². The minimum Gasteiger partial charge on any atom is -0.367 e. The smallest absolute Gasteiger partial charge is 0.251 e. The lowest BCUT2D eigenvalue weighted by molar-refractivity contribution is 0.252. The van der Waals surface area contributed by atoms with Gasteiger partial charge in [0.1, 0.15) is 0 Å². The molecule has 0 bridgehead atoms. The number of nitrogens with one attached hydrogen (secondary N) is 1. The van der Waals surface area contributed by atoms with Crippen LogP contribution in [0.2, 0.25) is 0 Å². The van der Waals surface area contributed by atoms with E-state index in [0.717, 1.165) is 19.3 Å². The Kier molecular flexibility index (Phi) is 4.55. The molecule has 1 N–H and O–H groups in total. The Labute approximate surface area is 117 Å². The molecule has 2 rings (SSSR count). The van der Waals surface area contributed by atoms with Crippen molar-refractivity contribution in [1.29, 1.82) is 0 Å². The Hall–Kier alpha value is -1.26. The van der Waals surface area contributed by atoms with Gasteiger partial charge in [0, 0.05) is 12.6 Å². The summed E-state index contributed by atoms with van der Waals surface area (Å²) < 4.78 is 39.5. The largest absolute Gasteiger partial charge is 0.367 e. The van der Waals surface area contributed by atoms with Crippen molar-refractivity contribution in [2.75, 3.05) is 11.9 Å². The number of aromatic nitrogens is 1. The topological polar surface area (TPSA) is 24.9 Å². The standard InChI is InChI=1S/C15H21F3N2/c1-10(2)8-15(5-3-4-6-15)9-19-14-12(17)7-11(16)13(18)20-14/h7,10H,3-6,8-9H2,1-2H3,(H,19,20). The molecule has 1 aliphatic rings. The zero-order chi connectivity index (χ0) is 14.8. The Morgan fingerprint density at radius 2 is 1.85 bits per heavy atom. The number of hydrogen-bond donors (Lipinski definition) is 1. The lowest BCUT2D eigenvalue weighted by atomic mass is 9.78. The maximum Gasteiger partial charge on any atom is 0.251 e. The minimum absolute atomic E-state index is 0.118. The van der Waals surface area contributed by atoms with Crippen molar-refractivity contribution in [2.24, 2.45) is 11.3 Å². The third kappa shape index (κ3) is 3.44. The monoisotopic (exact) mass is 286 g/mol. The van der Waals surface area contributed by atoms with E-state index in [0.29, 0.717) is 18.5 Å². The Balaban J connectivity index is 2.08. The molecule has 1 heterocycles. The van der Waals surface area contributed by atoms with E-state index in [-0.39, 0.29) is 11.2 Å². The second-order valence-electron chi connectivity index (χ2n) is 6.25. The van der Waals surface area contributed by atoms with Crippen LogP contribution in [-0.4, -0.2) is 11.5 Å². The first-order valence-electron chi connectivity index (χ1n) is 7.17. The summed E-state index contributed by atoms with van der Waals surface area (Å²) in [6, 6.07) is 0.536. The summed E-state index contributed by atoms with van der Waals surface area (Å²) in [6.07, 6.45) is 5.56. The summed E-state index contributed by atoms with van der Waals surface area (Å²) in [7, 11) is 0. The van der Waals surface area contributed by atoms with Crippen molar-refractivity contribution in [3.63, 3.8) is 0 Å². The number of pyridine rings is 1. The summed E-state index contributed by atoms with van der Waals surface area (Å²) in [5, 5.41) is 2.88. The SMILES string of the molecule is CC(C)CC1(CNc2nc(F)c(F)cc2F)CCCC1. The van der Waals surface area contributed by atoms with Crippen LogP contribution >= 0.6 is 0 Å². The van der Waals surface area contributed by atoms with E-state index in [4.69, 9.17) is 0 Å². The molecule has 5 heteroatoms. The van der Waals surface area contributed by atoms with Crippen LogP contribution in [0.5, 0.6) is 0 Å². The van der Waals surface area contributed by atoms with Crippen LogP contribution in [0.15, 0.2) is 6.07 Å². The quantitative estimate of drug-likeness (QED) is 0.805. The molecule has 0 radical (unpaired) electrons. The molecule has 112 valence electrons. The zero-order valence-electron chi connectivity index (χ0n) is 12.0. The van der Waals surface area contributed by atoms with Gasteiger partial charge in [-0.2, -0.15) is 9.37 Å². The van der Waals surface area contributed by atoms with Crippen molar-refractivity contribution in [3.8, 4) is 0 Å². The van der Waals surface area contributed by atoms with Crippen LogP contribution < -0.4 is 5.32 Å². The summed E-state index contributed by atoms with van der Waals surface area (Å²) in [4.78, 5) is 3.32. The van der Waals surface area contributed by atoms with E-state index in [1.165, 1.54) is 12.8 Å². The number of rotatable bonds is 5. The Morgan fingerprint density at radius 3 is 2.45 bits per heavy atom. The Bertz CT molecular complexity index is 468. The molecule has 1 fully saturated rings. The van der Waals surface area contributed by atoms with Crippen LogP contribution in [0.3, 0.4) is 0 Å². The van der Waals surface area contributed by atoms with Crippen molar-refractivity contribution in [2.45, 2.75) is 46.0 Å². The van der Waals surface area contributed by atoms with Gasteiger partial charge < -0.3 is 5.32 Å². The zero-order valence-corrected chi connectivity index (χ0v) is 12.0. The van der Waals surface area contributed by atoms with Gasteiger partial charge in [0.05, 0.1) is 0 Å². The molecule has 1 saturated carbocycles. The van der Waals surface area contributed by atoms with E-state index in [2.05, 4.69) is 24.1 Å². The van der Waals surface area contributed by atoms with Gasteiger partial charge in [-0.15, -0.1) is 0 Å². The van der Waals surface area contributed by atoms with Crippen LogP contribution in [0.1, 0.15) is 46.0 Å². The predicted molar refractivity (Wildman–Crippen MR) is 73.0 cm³/mol. The number of hydrogen-bond acceptors (Lipinski definition) is 2. The molecule has 0 saturated heterocycles. The normalized spacial score (nSPS) is 17.7. The molecule has 0 atom stereocenters. The molecule has 2 nitrogen and oxygen atoms in total. The maximum atomic E-state index is 13.6. The van der Waals surface area contributed by atoms with Gasteiger partial charge in [0.15, 0.2) is 17.5 Å². The fourth-order valence-electron chi connectivity index (χ4n) is 3.28. The highest BCUT2D eigenvalue weighted by Crippen LogP contribution is 2.43. The van der Waals surface area contributed by atoms with E-state index in [1.54, 1.807) is 0 Å². The van der Waals surface area contributed by atoms with Gasteiger partial charge in [-0.05, 0) is 30.6 Å². The first-order valence-corrected chi connectivity index (χ1v) is 7.17. The van der Waals surface area contributed by atoms with E-state index < -0.39 is 17.6 Å². The lowest BCUT2D eigenvalue weighted by Crippen LogP contribution is -2.29. The summed E-state index contributed by atoms with van der Waals surface area (Å²) in [5.74, 6) is -3.01. The molecule has 1 aliphatic carbocycles. The van der Waals surface area contributed by atoms with Gasteiger partial charge in [0.25, 0.3) is 5.95 Å². The molecule has 1 aromatic rings. The fraction of sp³-hybridized carbons (Fsp3) is 0.667. The third-order valence-corrected chi connectivity index (χ3v) is 4.02. The number of halogens is 3. The van der Waals surface area contributed by atoms with Gasteiger partial charge in [-0.1, -0.05) is 26.7 Å². The first kappa shape index (κ1) is 15.1. The second-order valence-corrected chi connectivity index (χ2v) is 6.25. The Morgan fingerprint density at radius 1 is 1.20 bits per heavy atom. The van der Waals surface area contributed by atoms with Gasteiger partial charge in [-0.3, -0.25) is 0 Å². The van der Waals surface area contributed by atoms with Gasteiger partial charge in [0.2, 0.25) is 0 Å². The van der Waals surface area contributed by atoms with Crippen LogP contribution in [-0.2, 0) is 0 Å². The molecule has 0 unspecified atom stereocenters. The lowest BCUT2D eigenvalue weighted by Gasteiger charge is -2.31. The predicted octanol–water partition coefficient (Wildman–Crippen LogP) is 4.52. The third-order valence-electron chi connectivity index (χ3n) is 4.02. The van der Waals surface area contributed by atoms with E-state index >= 15 is 0 Å². The van der Waals surface area contributed by atoms with Crippen molar-refractivity contribution in [1.82, 2.24) is 4.98 Å². The van der Waals surface area contributed by atoms with Crippen molar-refractivity contribution < 1.29 is 13.2 Å². The van der Waals surface area contributed by atoms with Crippen LogP contribution in [0.25, 0.3) is 0 Å².